The molecule has 0 bridgehead atoms. The summed E-state index contributed by atoms with van der Waals surface area (Å²) in [5.41, 5.74) is 0. The third kappa shape index (κ3) is 1.69. The molecule has 0 aromatic rings. The third-order valence-corrected chi connectivity index (χ3v) is 3.78. The molecule has 1 heterocycles. The van der Waals surface area contributed by atoms with Crippen molar-refractivity contribution in [2.45, 2.75) is 30.9 Å². The molecule has 0 aromatic carbocycles. The molecule has 0 amide bonds. The Bertz CT molecular complexity index is 233. The first-order chi connectivity index (χ1) is 4.96. The number of alkyl halides is 2. The van der Waals surface area contributed by atoms with E-state index in [0.29, 0.717) is 19.3 Å². The van der Waals surface area contributed by atoms with E-state index in [-0.39, 0.29) is 5.75 Å². The van der Waals surface area contributed by atoms with Crippen LogP contribution in [0.4, 0.5) is 8.78 Å². The molecule has 1 aliphatic rings. The monoisotopic (exact) mass is 184 g/mol. The van der Waals surface area contributed by atoms with Crippen molar-refractivity contribution >= 4 is 9.84 Å². The summed E-state index contributed by atoms with van der Waals surface area (Å²) in [6.07, 6.45) is 0.772. The average Bonchev–Trinajstić information content (AvgIpc) is 1.94. The zero-order chi connectivity index (χ0) is 8.54. The highest BCUT2D eigenvalue weighted by atomic mass is 32.2. The number of sulfone groups is 1. The van der Waals surface area contributed by atoms with Crippen molar-refractivity contribution in [3.05, 3.63) is 0 Å². The van der Waals surface area contributed by atoms with Crippen LogP contribution in [-0.4, -0.2) is 19.4 Å². The Kier molecular flexibility index (Phi) is 2.18. The summed E-state index contributed by atoms with van der Waals surface area (Å²) in [6, 6.07) is 0. The highest BCUT2D eigenvalue weighted by Gasteiger charge is 2.44. The summed E-state index contributed by atoms with van der Waals surface area (Å²) >= 11 is 0. The minimum absolute atomic E-state index is 0.312. The van der Waals surface area contributed by atoms with E-state index in [0.717, 1.165) is 0 Å². The first-order valence-electron chi connectivity index (χ1n) is 3.56. The first kappa shape index (κ1) is 8.90. The number of hydrogen-bond acceptors (Lipinski definition) is 2. The molecule has 1 rings (SSSR count). The standard InChI is InChI=1S/C6H10F2O2S/c7-6(8)4-2-1-3-5-11(6,9)10/h1-5H2. The Morgan fingerprint density at radius 1 is 1.09 bits per heavy atom. The van der Waals surface area contributed by atoms with E-state index >= 15 is 0 Å². The average molecular weight is 184 g/mol. The van der Waals surface area contributed by atoms with Gasteiger partial charge in [0, 0.05) is 6.42 Å². The lowest BCUT2D eigenvalue weighted by Gasteiger charge is -2.12. The van der Waals surface area contributed by atoms with Crippen LogP contribution in [0.25, 0.3) is 0 Å². The molecule has 11 heavy (non-hydrogen) atoms. The molecular weight excluding hydrogens is 174 g/mol. The largest absolute Gasteiger partial charge is 0.345 e. The van der Waals surface area contributed by atoms with Crippen LogP contribution in [0.1, 0.15) is 25.7 Å². The van der Waals surface area contributed by atoms with Gasteiger partial charge >= 0.3 is 5.25 Å². The van der Waals surface area contributed by atoms with Gasteiger partial charge in [-0.25, -0.2) is 8.42 Å². The Labute approximate surface area is 64.5 Å². The van der Waals surface area contributed by atoms with Gasteiger partial charge in [0.25, 0.3) is 0 Å². The van der Waals surface area contributed by atoms with Crippen LogP contribution in [0.3, 0.4) is 0 Å². The maximum Gasteiger partial charge on any atom is 0.345 e. The molecule has 0 N–H and O–H groups in total. The Morgan fingerprint density at radius 2 is 1.73 bits per heavy atom. The van der Waals surface area contributed by atoms with Crippen LogP contribution in [-0.2, 0) is 9.84 Å². The lowest BCUT2D eigenvalue weighted by Crippen LogP contribution is -2.29. The van der Waals surface area contributed by atoms with Crippen molar-refractivity contribution in [1.29, 1.82) is 0 Å². The smallest absolute Gasteiger partial charge is 0.223 e. The number of rotatable bonds is 0. The minimum Gasteiger partial charge on any atom is -0.223 e. The summed E-state index contributed by atoms with van der Waals surface area (Å²) in [5, 5.41) is -3.47. The third-order valence-electron chi connectivity index (χ3n) is 1.84. The van der Waals surface area contributed by atoms with Gasteiger partial charge in [0.2, 0.25) is 9.84 Å². The fourth-order valence-corrected chi connectivity index (χ4v) is 2.44. The van der Waals surface area contributed by atoms with E-state index in [9.17, 15) is 17.2 Å². The fraction of sp³-hybridized carbons (Fsp3) is 1.00. The van der Waals surface area contributed by atoms with Crippen LogP contribution in [0.15, 0.2) is 0 Å². The van der Waals surface area contributed by atoms with Gasteiger partial charge in [-0.3, -0.25) is 0 Å². The summed E-state index contributed by atoms with van der Waals surface area (Å²) in [5.74, 6) is -0.361. The molecule has 0 unspecified atom stereocenters. The van der Waals surface area contributed by atoms with E-state index in [1.54, 1.807) is 0 Å². The Hall–Kier alpha value is -0.190. The molecule has 0 atom stereocenters. The molecule has 2 nitrogen and oxygen atoms in total. The second-order valence-electron chi connectivity index (χ2n) is 2.77. The molecule has 0 radical (unpaired) electrons. The maximum absolute atomic E-state index is 12.7. The van der Waals surface area contributed by atoms with E-state index in [1.165, 1.54) is 0 Å². The van der Waals surface area contributed by atoms with E-state index < -0.39 is 21.5 Å². The van der Waals surface area contributed by atoms with Crippen molar-refractivity contribution in [1.82, 2.24) is 0 Å². The predicted molar refractivity (Wildman–Crippen MR) is 37.2 cm³/mol. The lowest BCUT2D eigenvalue weighted by atomic mass is 10.2. The normalized spacial score (nSPS) is 29.3. The van der Waals surface area contributed by atoms with Crippen molar-refractivity contribution in [3.63, 3.8) is 0 Å². The van der Waals surface area contributed by atoms with E-state index in [2.05, 4.69) is 0 Å². The minimum atomic E-state index is -4.13. The second-order valence-corrected chi connectivity index (χ2v) is 5.00. The zero-order valence-electron chi connectivity index (χ0n) is 6.02. The van der Waals surface area contributed by atoms with Crippen LogP contribution in [0, 0.1) is 0 Å². The lowest BCUT2D eigenvalue weighted by molar-refractivity contribution is 0.0818. The molecular formula is C6H10F2O2S. The topological polar surface area (TPSA) is 34.1 Å². The fourth-order valence-electron chi connectivity index (χ4n) is 1.10. The van der Waals surface area contributed by atoms with Crippen LogP contribution in [0.2, 0.25) is 0 Å². The van der Waals surface area contributed by atoms with Crippen molar-refractivity contribution < 1.29 is 17.2 Å². The molecule has 1 fully saturated rings. The molecule has 5 heteroatoms. The Morgan fingerprint density at radius 3 is 2.36 bits per heavy atom. The number of halogens is 2. The molecule has 0 aliphatic carbocycles. The molecule has 0 saturated carbocycles. The summed E-state index contributed by atoms with van der Waals surface area (Å²) < 4.78 is 46.9. The second kappa shape index (κ2) is 2.69. The highest BCUT2D eigenvalue weighted by molar-refractivity contribution is 7.92. The van der Waals surface area contributed by atoms with Gasteiger partial charge in [-0.1, -0.05) is 6.42 Å². The Balaban J connectivity index is 2.91. The van der Waals surface area contributed by atoms with Gasteiger partial charge in [-0.05, 0) is 12.8 Å². The van der Waals surface area contributed by atoms with Crippen molar-refractivity contribution in [2.75, 3.05) is 5.75 Å². The van der Waals surface area contributed by atoms with Gasteiger partial charge in [-0.2, -0.15) is 8.78 Å². The molecule has 0 spiro atoms. The van der Waals surface area contributed by atoms with Crippen LogP contribution < -0.4 is 0 Å². The number of hydrogen-bond donors (Lipinski definition) is 0. The molecule has 66 valence electrons. The van der Waals surface area contributed by atoms with Gasteiger partial charge in [-0.15, -0.1) is 0 Å². The maximum atomic E-state index is 12.7. The SMILES string of the molecule is O=S1(=O)CCCCCC1(F)F. The van der Waals surface area contributed by atoms with E-state index in [4.69, 9.17) is 0 Å². The molecule has 1 aliphatic heterocycles. The predicted octanol–water partition coefficient (Wildman–Crippen LogP) is 1.57. The van der Waals surface area contributed by atoms with Gasteiger partial charge in [0.15, 0.2) is 0 Å². The van der Waals surface area contributed by atoms with E-state index in [1.807, 2.05) is 0 Å². The summed E-state index contributed by atoms with van der Waals surface area (Å²) in [4.78, 5) is 0. The summed E-state index contributed by atoms with van der Waals surface area (Å²) in [6.45, 7) is 0. The van der Waals surface area contributed by atoms with Gasteiger partial charge < -0.3 is 0 Å². The van der Waals surface area contributed by atoms with Crippen LogP contribution >= 0.6 is 0 Å². The van der Waals surface area contributed by atoms with Crippen molar-refractivity contribution in [2.24, 2.45) is 0 Å². The zero-order valence-corrected chi connectivity index (χ0v) is 6.83. The van der Waals surface area contributed by atoms with Gasteiger partial charge in [0.1, 0.15) is 0 Å². The quantitative estimate of drug-likeness (QED) is 0.572. The van der Waals surface area contributed by atoms with Gasteiger partial charge in [0.05, 0.1) is 5.75 Å². The summed E-state index contributed by atoms with van der Waals surface area (Å²) in [7, 11) is -4.13. The highest BCUT2D eigenvalue weighted by Crippen LogP contribution is 2.32. The molecule has 0 aromatic heterocycles. The molecule has 1 saturated heterocycles. The first-order valence-corrected chi connectivity index (χ1v) is 5.21. The van der Waals surface area contributed by atoms with Crippen molar-refractivity contribution in [3.8, 4) is 0 Å². The van der Waals surface area contributed by atoms with Crippen LogP contribution in [0.5, 0.6) is 0 Å².